The van der Waals surface area contributed by atoms with Gasteiger partial charge in [0.1, 0.15) is 5.75 Å². The van der Waals surface area contributed by atoms with Crippen LogP contribution >= 0.6 is 22.9 Å². The van der Waals surface area contributed by atoms with Gasteiger partial charge in [0.15, 0.2) is 0 Å². The molecule has 1 atom stereocenters. The Labute approximate surface area is 116 Å². The fourth-order valence-electron chi connectivity index (χ4n) is 1.67. The summed E-state index contributed by atoms with van der Waals surface area (Å²) in [6, 6.07) is 9.67. The van der Waals surface area contributed by atoms with Crippen LogP contribution in [0.5, 0.6) is 5.75 Å². The monoisotopic (exact) mass is 282 g/mol. The molecule has 18 heavy (non-hydrogen) atoms. The Morgan fingerprint density at radius 1 is 1.39 bits per heavy atom. The zero-order chi connectivity index (χ0) is 13.0. The van der Waals surface area contributed by atoms with Gasteiger partial charge in [0.25, 0.3) is 0 Å². The molecule has 0 aliphatic rings. The predicted octanol–water partition coefficient (Wildman–Crippen LogP) is 4.21. The van der Waals surface area contributed by atoms with E-state index in [9.17, 15) is 5.11 Å². The van der Waals surface area contributed by atoms with Crippen LogP contribution in [0.15, 0.2) is 35.7 Å². The Kier molecular flexibility index (Phi) is 4.64. The highest BCUT2D eigenvalue weighted by atomic mass is 35.5. The van der Waals surface area contributed by atoms with Gasteiger partial charge >= 0.3 is 0 Å². The maximum absolute atomic E-state index is 9.97. The number of aryl methyl sites for hydroxylation is 1. The molecule has 1 heterocycles. The minimum atomic E-state index is -0.553. The first-order chi connectivity index (χ1) is 8.66. The molecule has 2 rings (SSSR count). The largest absolute Gasteiger partial charge is 0.493 e. The maximum atomic E-state index is 9.97. The van der Waals surface area contributed by atoms with Gasteiger partial charge in [0.05, 0.1) is 22.6 Å². The molecular weight excluding hydrogens is 268 g/mol. The molecule has 0 saturated carbocycles. The van der Waals surface area contributed by atoms with E-state index >= 15 is 0 Å². The predicted molar refractivity (Wildman–Crippen MR) is 75.6 cm³/mol. The number of ether oxygens (including phenoxy) is 1. The van der Waals surface area contributed by atoms with Crippen LogP contribution < -0.4 is 4.74 Å². The Hall–Kier alpha value is -1.03. The number of rotatable bonds is 5. The van der Waals surface area contributed by atoms with Gasteiger partial charge in [-0.25, -0.2) is 0 Å². The second kappa shape index (κ2) is 6.23. The van der Waals surface area contributed by atoms with Gasteiger partial charge in [0.2, 0.25) is 0 Å². The average Bonchev–Trinajstić information content (AvgIpc) is 2.75. The number of halogens is 1. The van der Waals surface area contributed by atoms with E-state index in [1.807, 2.05) is 36.6 Å². The summed E-state index contributed by atoms with van der Waals surface area (Å²) in [5.74, 6) is 0.833. The van der Waals surface area contributed by atoms with Crippen molar-refractivity contribution in [1.82, 2.24) is 0 Å². The van der Waals surface area contributed by atoms with Crippen molar-refractivity contribution in [1.29, 1.82) is 0 Å². The molecule has 0 radical (unpaired) electrons. The second-order valence-electron chi connectivity index (χ2n) is 4.10. The van der Waals surface area contributed by atoms with Crippen LogP contribution in [-0.4, -0.2) is 11.7 Å². The van der Waals surface area contributed by atoms with E-state index in [-0.39, 0.29) is 0 Å². The fourth-order valence-corrected chi connectivity index (χ4v) is 2.87. The molecule has 0 saturated heterocycles. The van der Waals surface area contributed by atoms with Crippen molar-refractivity contribution in [2.24, 2.45) is 0 Å². The molecule has 1 N–H and O–H groups in total. The van der Waals surface area contributed by atoms with E-state index in [2.05, 4.69) is 0 Å². The lowest BCUT2D eigenvalue weighted by Crippen LogP contribution is -2.04. The SMILES string of the molecule is Cc1cccc(OCCC(O)c2sccc2Cl)c1. The number of hydrogen-bond donors (Lipinski definition) is 1. The summed E-state index contributed by atoms with van der Waals surface area (Å²) in [4.78, 5) is 0.810. The Bertz CT molecular complexity index is 510. The molecule has 0 spiro atoms. The quantitative estimate of drug-likeness (QED) is 0.890. The van der Waals surface area contributed by atoms with Crippen molar-refractivity contribution in [3.8, 4) is 5.75 Å². The van der Waals surface area contributed by atoms with Crippen molar-refractivity contribution in [2.45, 2.75) is 19.4 Å². The van der Waals surface area contributed by atoms with Crippen molar-refractivity contribution < 1.29 is 9.84 Å². The molecular formula is C14H15ClO2S. The molecule has 96 valence electrons. The lowest BCUT2D eigenvalue weighted by Gasteiger charge is -2.11. The van der Waals surface area contributed by atoms with Gasteiger partial charge in [-0.1, -0.05) is 23.7 Å². The Balaban J connectivity index is 1.84. The van der Waals surface area contributed by atoms with E-state index in [1.165, 1.54) is 11.3 Å². The molecule has 2 aromatic rings. The van der Waals surface area contributed by atoms with Gasteiger partial charge < -0.3 is 9.84 Å². The normalized spacial score (nSPS) is 12.4. The zero-order valence-electron chi connectivity index (χ0n) is 10.1. The van der Waals surface area contributed by atoms with E-state index in [4.69, 9.17) is 16.3 Å². The molecule has 4 heteroatoms. The number of thiophene rings is 1. The molecule has 1 unspecified atom stereocenters. The van der Waals surface area contributed by atoms with Crippen molar-refractivity contribution in [3.63, 3.8) is 0 Å². The van der Waals surface area contributed by atoms with Crippen molar-refractivity contribution in [3.05, 3.63) is 51.2 Å². The average molecular weight is 283 g/mol. The lowest BCUT2D eigenvalue weighted by atomic mass is 10.2. The molecule has 0 fully saturated rings. The van der Waals surface area contributed by atoms with Crippen molar-refractivity contribution >= 4 is 22.9 Å². The van der Waals surface area contributed by atoms with Crippen LogP contribution in [0.2, 0.25) is 5.02 Å². The number of hydrogen-bond acceptors (Lipinski definition) is 3. The summed E-state index contributed by atoms with van der Waals surface area (Å²) in [5.41, 5.74) is 1.16. The van der Waals surface area contributed by atoms with Gasteiger partial charge in [-0.05, 0) is 36.1 Å². The minimum Gasteiger partial charge on any atom is -0.493 e. The highest BCUT2D eigenvalue weighted by molar-refractivity contribution is 7.10. The van der Waals surface area contributed by atoms with E-state index in [0.717, 1.165) is 16.2 Å². The van der Waals surface area contributed by atoms with E-state index in [1.54, 1.807) is 6.07 Å². The molecule has 0 bridgehead atoms. The van der Waals surface area contributed by atoms with Crippen LogP contribution in [0, 0.1) is 6.92 Å². The first-order valence-corrected chi connectivity index (χ1v) is 7.03. The minimum absolute atomic E-state index is 0.471. The number of aliphatic hydroxyl groups is 1. The summed E-state index contributed by atoms with van der Waals surface area (Å²) < 4.78 is 5.60. The highest BCUT2D eigenvalue weighted by Crippen LogP contribution is 2.30. The third kappa shape index (κ3) is 3.48. The number of benzene rings is 1. The van der Waals surface area contributed by atoms with Crippen LogP contribution in [0.1, 0.15) is 23.0 Å². The summed E-state index contributed by atoms with van der Waals surface area (Å²) in [6.45, 7) is 2.49. The smallest absolute Gasteiger partial charge is 0.119 e. The van der Waals surface area contributed by atoms with Crippen LogP contribution in [-0.2, 0) is 0 Å². The zero-order valence-corrected chi connectivity index (χ0v) is 11.7. The summed E-state index contributed by atoms with van der Waals surface area (Å²) >= 11 is 7.43. The second-order valence-corrected chi connectivity index (χ2v) is 5.46. The van der Waals surface area contributed by atoms with Gasteiger partial charge in [-0.2, -0.15) is 0 Å². The van der Waals surface area contributed by atoms with Crippen LogP contribution in [0.4, 0.5) is 0 Å². The molecule has 0 aliphatic heterocycles. The summed E-state index contributed by atoms with van der Waals surface area (Å²) in [5, 5.41) is 12.5. The summed E-state index contributed by atoms with van der Waals surface area (Å²) in [6.07, 6.45) is -0.0175. The molecule has 0 amide bonds. The summed E-state index contributed by atoms with van der Waals surface area (Å²) in [7, 11) is 0. The van der Waals surface area contributed by atoms with E-state index in [0.29, 0.717) is 18.1 Å². The van der Waals surface area contributed by atoms with Gasteiger partial charge in [0, 0.05) is 6.42 Å². The maximum Gasteiger partial charge on any atom is 0.119 e. The topological polar surface area (TPSA) is 29.5 Å². The van der Waals surface area contributed by atoms with Crippen LogP contribution in [0.25, 0.3) is 0 Å². The first-order valence-electron chi connectivity index (χ1n) is 5.77. The molecule has 1 aromatic carbocycles. The third-order valence-corrected chi connectivity index (χ3v) is 4.06. The standard InChI is InChI=1S/C14H15ClO2S/c1-10-3-2-4-11(9-10)17-7-5-13(16)14-12(15)6-8-18-14/h2-4,6,8-9,13,16H,5,7H2,1H3. The van der Waals surface area contributed by atoms with Crippen molar-refractivity contribution in [2.75, 3.05) is 6.61 Å². The van der Waals surface area contributed by atoms with Gasteiger partial charge in [-0.15, -0.1) is 11.3 Å². The third-order valence-electron chi connectivity index (χ3n) is 2.60. The Morgan fingerprint density at radius 2 is 2.22 bits per heavy atom. The van der Waals surface area contributed by atoms with E-state index < -0.39 is 6.10 Å². The molecule has 1 aromatic heterocycles. The highest BCUT2D eigenvalue weighted by Gasteiger charge is 2.12. The Morgan fingerprint density at radius 3 is 2.89 bits per heavy atom. The molecule has 0 aliphatic carbocycles. The lowest BCUT2D eigenvalue weighted by molar-refractivity contribution is 0.144. The first kappa shape index (κ1) is 13.4. The fraction of sp³-hybridized carbons (Fsp3) is 0.286. The van der Waals surface area contributed by atoms with Crippen LogP contribution in [0.3, 0.4) is 0 Å². The molecule has 2 nitrogen and oxygen atoms in total. The van der Waals surface area contributed by atoms with Gasteiger partial charge in [-0.3, -0.25) is 0 Å². The number of aliphatic hydroxyl groups excluding tert-OH is 1.